The van der Waals surface area contributed by atoms with E-state index in [1.54, 1.807) is 19.4 Å². The first kappa shape index (κ1) is 56.6. The van der Waals surface area contributed by atoms with Gasteiger partial charge in [-0.3, -0.25) is 4.79 Å². The molecule has 8 nitrogen and oxygen atoms in total. The number of allylic oxidation sites excluding steroid dienone is 6. The smallest absolute Gasteiger partial charge is 0.247 e. The standard InChI is InChI=1S/C47H91NO7Si3/c1-36(2)30-46(49)48-27-26-41(10)31-42(11)44(53-35-51-28-29-56(16,17)18)32-40(9)24-22-21-23-25-43(55-57(19,20)47(12,13)14)45(52-34-50-15)33-54-58(37(3)4,38(5)6)39(7)8/h21-22,24,26-27,30-31,37-39,42-45H,23,25,28-29,32-35H2,1-20H3,(H,48,49)/b22-21+,27-26+,40-24+,41-31+/t42-,43-,44+,45-/m1/s1. The Morgan fingerprint density at radius 2 is 1.40 bits per heavy atom. The molecule has 0 aromatic carbocycles. The van der Waals surface area contributed by atoms with E-state index >= 15 is 0 Å². The van der Waals surface area contributed by atoms with E-state index in [4.69, 9.17) is 27.8 Å². The van der Waals surface area contributed by atoms with Crippen molar-refractivity contribution in [3.63, 3.8) is 0 Å². The van der Waals surface area contributed by atoms with Gasteiger partial charge in [0.25, 0.3) is 0 Å². The average molecular weight is 867 g/mol. The highest BCUT2D eigenvalue weighted by atomic mass is 28.4. The number of hydrogen-bond acceptors (Lipinski definition) is 7. The van der Waals surface area contributed by atoms with Crippen molar-refractivity contribution in [3.05, 3.63) is 59.4 Å². The topological polar surface area (TPSA) is 84.5 Å². The molecule has 1 N–H and O–H groups in total. The maximum absolute atomic E-state index is 12.0. The molecule has 0 aliphatic rings. The van der Waals surface area contributed by atoms with E-state index in [9.17, 15) is 4.79 Å². The third-order valence-electron chi connectivity index (χ3n) is 11.4. The highest BCUT2D eigenvalue weighted by Gasteiger charge is 2.47. The summed E-state index contributed by atoms with van der Waals surface area (Å²) in [5.41, 5.74) is 4.68. The van der Waals surface area contributed by atoms with Crippen molar-refractivity contribution in [1.29, 1.82) is 0 Å². The summed E-state index contributed by atoms with van der Waals surface area (Å²) in [7, 11) is -3.77. The lowest BCUT2D eigenvalue weighted by Gasteiger charge is -2.45. The molecule has 0 aliphatic carbocycles. The number of rotatable bonds is 29. The Balaban J connectivity index is 6.21. The third kappa shape index (κ3) is 22.4. The molecular weight excluding hydrogens is 775 g/mol. The molecule has 0 radical (unpaired) electrons. The fraction of sp³-hybridized carbons (Fsp3) is 0.766. The molecule has 0 fully saturated rings. The number of carbonyl (C=O) groups excluding carboxylic acids is 1. The zero-order chi connectivity index (χ0) is 44.9. The summed E-state index contributed by atoms with van der Waals surface area (Å²) in [5, 5.41) is 2.87. The Morgan fingerprint density at radius 1 is 0.810 bits per heavy atom. The Hall–Kier alpha value is -1.42. The molecule has 11 heteroatoms. The minimum absolute atomic E-state index is 0.0559. The number of carbonyl (C=O) groups is 1. The van der Waals surface area contributed by atoms with Gasteiger partial charge in [0, 0.05) is 40.0 Å². The monoisotopic (exact) mass is 866 g/mol. The van der Waals surface area contributed by atoms with Crippen LogP contribution in [-0.2, 0) is 32.6 Å². The summed E-state index contributed by atoms with van der Waals surface area (Å²) in [5.74, 6) is -0.00796. The first-order valence-corrected chi connectivity index (χ1v) is 30.7. The first-order valence-electron chi connectivity index (χ1n) is 21.9. The van der Waals surface area contributed by atoms with Crippen LogP contribution in [0.25, 0.3) is 0 Å². The summed E-state index contributed by atoms with van der Waals surface area (Å²) in [6.07, 6.45) is 16.0. The molecule has 0 bridgehead atoms. The zero-order valence-corrected chi connectivity index (χ0v) is 44.1. The van der Waals surface area contributed by atoms with Crippen LogP contribution in [0.3, 0.4) is 0 Å². The van der Waals surface area contributed by atoms with Crippen molar-refractivity contribution in [3.8, 4) is 0 Å². The van der Waals surface area contributed by atoms with Gasteiger partial charge in [0.15, 0.2) is 16.6 Å². The lowest BCUT2D eigenvalue weighted by Crippen LogP contribution is -2.52. The zero-order valence-electron chi connectivity index (χ0n) is 41.1. The van der Waals surface area contributed by atoms with Crippen LogP contribution in [0.2, 0.25) is 60.4 Å². The van der Waals surface area contributed by atoms with Crippen molar-refractivity contribution in [2.75, 3.05) is 33.9 Å². The summed E-state index contributed by atoms with van der Waals surface area (Å²) in [4.78, 5) is 12.0. The minimum Gasteiger partial charge on any atom is -0.413 e. The van der Waals surface area contributed by atoms with Crippen LogP contribution in [-0.4, -0.2) is 82.8 Å². The molecule has 0 aromatic rings. The van der Waals surface area contributed by atoms with Gasteiger partial charge in [-0.05, 0) is 93.8 Å². The van der Waals surface area contributed by atoms with E-state index in [0.29, 0.717) is 23.2 Å². The highest BCUT2D eigenvalue weighted by Crippen LogP contribution is 2.43. The van der Waals surface area contributed by atoms with Crippen molar-refractivity contribution < 1.29 is 32.6 Å². The van der Waals surface area contributed by atoms with Gasteiger partial charge in [-0.2, -0.15) is 0 Å². The van der Waals surface area contributed by atoms with Crippen LogP contribution < -0.4 is 5.32 Å². The van der Waals surface area contributed by atoms with E-state index in [1.807, 2.05) is 26.8 Å². The molecule has 58 heavy (non-hydrogen) atoms. The van der Waals surface area contributed by atoms with Crippen molar-refractivity contribution >= 4 is 30.6 Å². The number of nitrogens with one attached hydrogen (secondary N) is 1. The summed E-state index contributed by atoms with van der Waals surface area (Å²) < 4.78 is 38.5. The molecule has 0 unspecified atom stereocenters. The summed E-state index contributed by atoms with van der Waals surface area (Å²) in [6.45, 7) is 44.4. The van der Waals surface area contributed by atoms with Gasteiger partial charge in [-0.15, -0.1) is 0 Å². The number of amides is 1. The van der Waals surface area contributed by atoms with E-state index in [-0.39, 0.29) is 48.8 Å². The Labute approximate surface area is 361 Å². The SMILES string of the molecule is COCO[C@H](CO[Si](C(C)C)(C(C)C)C(C)C)[C@@H](CC/C=C/C=C(\C)C[C@H](OCOCC[Si](C)(C)C)[C@H](C)/C=C(C)/C=C/NC(=O)C=C(C)C)O[Si](C)(C)C(C)(C)C. The fourth-order valence-corrected chi connectivity index (χ4v) is 14.7. The van der Waals surface area contributed by atoms with Crippen LogP contribution in [0, 0.1) is 5.92 Å². The normalized spacial score (nSPS) is 16.2. The quantitative estimate of drug-likeness (QED) is 0.0263. The molecule has 1 amide bonds. The summed E-state index contributed by atoms with van der Waals surface area (Å²) >= 11 is 0. The Kier molecular flexibility index (Phi) is 26.8. The molecule has 0 spiro atoms. The number of ether oxygens (including phenoxy) is 4. The van der Waals surface area contributed by atoms with Crippen LogP contribution >= 0.6 is 0 Å². The molecule has 0 aliphatic heterocycles. The minimum atomic E-state index is -2.14. The van der Waals surface area contributed by atoms with Crippen molar-refractivity contribution in [2.45, 2.75) is 195 Å². The van der Waals surface area contributed by atoms with Crippen molar-refractivity contribution in [1.82, 2.24) is 5.32 Å². The maximum atomic E-state index is 12.0. The molecule has 0 heterocycles. The van der Waals surface area contributed by atoms with Gasteiger partial charge in [0.2, 0.25) is 5.91 Å². The Morgan fingerprint density at radius 3 is 1.91 bits per heavy atom. The van der Waals surface area contributed by atoms with E-state index in [2.05, 4.69) is 139 Å². The molecule has 0 saturated carbocycles. The van der Waals surface area contributed by atoms with Crippen LogP contribution in [0.5, 0.6) is 0 Å². The molecular formula is C47H91NO7Si3. The molecule has 0 saturated heterocycles. The van der Waals surface area contributed by atoms with Crippen molar-refractivity contribution in [2.24, 2.45) is 5.92 Å². The lowest BCUT2D eigenvalue weighted by molar-refractivity contribution is -0.123. The molecule has 338 valence electrons. The second-order valence-corrected chi connectivity index (χ2v) is 36.1. The lowest BCUT2D eigenvalue weighted by atomic mass is 9.95. The first-order chi connectivity index (χ1) is 26.7. The summed E-state index contributed by atoms with van der Waals surface area (Å²) in [6, 6.07) is 1.10. The van der Waals surface area contributed by atoms with Gasteiger partial charge in [-0.25, -0.2) is 0 Å². The Bertz CT molecular complexity index is 1300. The van der Waals surface area contributed by atoms with E-state index in [0.717, 1.165) is 43.1 Å². The van der Waals surface area contributed by atoms with Gasteiger partial charge < -0.3 is 33.1 Å². The third-order valence-corrected chi connectivity index (χ3v) is 23.7. The molecule has 0 aromatic heterocycles. The van der Waals surface area contributed by atoms with Gasteiger partial charge in [0.1, 0.15) is 19.7 Å². The van der Waals surface area contributed by atoms with E-state index < -0.39 is 24.7 Å². The fourth-order valence-electron chi connectivity index (χ4n) is 7.10. The number of methoxy groups -OCH3 is 1. The second-order valence-electron chi connectivity index (χ2n) is 20.3. The second kappa shape index (κ2) is 27.5. The van der Waals surface area contributed by atoms with Gasteiger partial charge in [-0.1, -0.05) is 130 Å². The highest BCUT2D eigenvalue weighted by molar-refractivity contribution is 6.77. The predicted octanol–water partition coefficient (Wildman–Crippen LogP) is 13.1. The molecule has 4 atom stereocenters. The van der Waals surface area contributed by atoms with Gasteiger partial charge in [0.05, 0.1) is 18.8 Å². The van der Waals surface area contributed by atoms with Crippen LogP contribution in [0.4, 0.5) is 0 Å². The van der Waals surface area contributed by atoms with Crippen LogP contribution in [0.15, 0.2) is 59.4 Å². The predicted molar refractivity (Wildman–Crippen MR) is 256 cm³/mol. The molecule has 0 rings (SSSR count). The van der Waals surface area contributed by atoms with Gasteiger partial charge >= 0.3 is 0 Å². The van der Waals surface area contributed by atoms with Crippen LogP contribution in [0.1, 0.15) is 116 Å². The maximum Gasteiger partial charge on any atom is 0.247 e. The average Bonchev–Trinajstić information content (AvgIpc) is 3.06. The number of hydrogen-bond donors (Lipinski definition) is 1. The largest absolute Gasteiger partial charge is 0.413 e. The van der Waals surface area contributed by atoms with E-state index in [1.165, 1.54) is 5.57 Å².